The fraction of sp³-hybridized carbons (Fsp3) is 0.538. The van der Waals surface area contributed by atoms with Crippen LogP contribution in [0.1, 0.15) is 38.3 Å². The van der Waals surface area contributed by atoms with Crippen LogP contribution in [0.4, 0.5) is 22.0 Å². The molecule has 0 heterocycles. The van der Waals surface area contributed by atoms with Gasteiger partial charge in [0, 0.05) is 5.56 Å². The lowest BCUT2D eigenvalue weighted by Gasteiger charge is -2.21. The number of benzene rings is 1. The second kappa shape index (κ2) is 7.91. The Balaban J connectivity index is 0.00000400. The molecule has 0 aliphatic carbocycles. The Labute approximate surface area is 125 Å². The van der Waals surface area contributed by atoms with Crippen molar-refractivity contribution in [2.24, 2.45) is 11.7 Å². The smallest absolute Gasteiger partial charge is 0.200 e. The minimum Gasteiger partial charge on any atom is -0.391 e. The van der Waals surface area contributed by atoms with Crippen molar-refractivity contribution in [1.82, 2.24) is 0 Å². The van der Waals surface area contributed by atoms with E-state index >= 15 is 0 Å². The summed E-state index contributed by atoms with van der Waals surface area (Å²) in [6, 6.07) is -1.68. The molecule has 21 heavy (non-hydrogen) atoms. The molecule has 0 aromatic heterocycles. The maximum absolute atomic E-state index is 13.5. The van der Waals surface area contributed by atoms with Crippen LogP contribution in [-0.2, 0) is 0 Å². The predicted molar refractivity (Wildman–Crippen MR) is 70.5 cm³/mol. The van der Waals surface area contributed by atoms with Crippen molar-refractivity contribution < 1.29 is 27.1 Å². The third kappa shape index (κ3) is 4.28. The highest BCUT2D eigenvalue weighted by Gasteiger charge is 2.31. The Kier molecular flexibility index (Phi) is 7.56. The molecule has 8 heteroatoms. The zero-order chi connectivity index (χ0) is 15.6. The number of aliphatic hydroxyl groups is 1. The molecule has 1 aromatic rings. The molecule has 0 aliphatic heterocycles. The molecule has 1 rings (SSSR count). The molecule has 0 saturated heterocycles. The molecule has 0 saturated carbocycles. The molecule has 0 aliphatic rings. The van der Waals surface area contributed by atoms with E-state index in [9.17, 15) is 27.1 Å². The molecule has 0 radical (unpaired) electrons. The summed E-state index contributed by atoms with van der Waals surface area (Å²) in [5.74, 6) is -10.2. The molecule has 0 bridgehead atoms. The standard InChI is InChI=1S/C13H16F5NO.ClH/c1-5(2)3-4-6(20)13(19)7-8(14)10(16)12(18)11(17)9(7)15;/h5-6,13,20H,3-4,19H2,1-2H3;1H/t6-,13-;/m0./s1. The van der Waals surface area contributed by atoms with Gasteiger partial charge in [-0.25, -0.2) is 22.0 Å². The van der Waals surface area contributed by atoms with E-state index in [0.29, 0.717) is 6.42 Å². The molecule has 0 amide bonds. The molecule has 3 N–H and O–H groups in total. The summed E-state index contributed by atoms with van der Waals surface area (Å²) in [5.41, 5.74) is 4.25. The normalized spacial score (nSPS) is 14.0. The second-order valence-electron chi connectivity index (χ2n) is 5.05. The maximum atomic E-state index is 13.5. The molecular formula is C13H17ClF5NO. The Hall–Kier alpha value is -0.920. The van der Waals surface area contributed by atoms with E-state index in [1.54, 1.807) is 0 Å². The lowest BCUT2D eigenvalue weighted by molar-refractivity contribution is 0.124. The number of hydrogen-bond acceptors (Lipinski definition) is 2. The molecule has 0 spiro atoms. The van der Waals surface area contributed by atoms with Crippen LogP contribution < -0.4 is 5.73 Å². The number of aliphatic hydroxyl groups excluding tert-OH is 1. The first-order valence-electron chi connectivity index (χ1n) is 6.13. The van der Waals surface area contributed by atoms with Gasteiger partial charge in [-0.15, -0.1) is 12.4 Å². The Morgan fingerprint density at radius 3 is 1.62 bits per heavy atom. The summed E-state index contributed by atoms with van der Waals surface area (Å²) in [6.07, 6.45) is -0.798. The quantitative estimate of drug-likeness (QED) is 0.491. The number of hydrogen-bond donors (Lipinski definition) is 2. The van der Waals surface area contributed by atoms with E-state index < -0.39 is 46.8 Å². The SMILES string of the molecule is CC(C)CC[C@H](O)[C@H](N)c1c(F)c(F)c(F)c(F)c1F.Cl. The van der Waals surface area contributed by atoms with Crippen molar-refractivity contribution in [2.75, 3.05) is 0 Å². The van der Waals surface area contributed by atoms with Gasteiger partial charge >= 0.3 is 0 Å². The van der Waals surface area contributed by atoms with E-state index in [4.69, 9.17) is 5.73 Å². The minimum absolute atomic E-state index is 0. The summed E-state index contributed by atoms with van der Waals surface area (Å²) in [7, 11) is 0. The van der Waals surface area contributed by atoms with Crippen molar-refractivity contribution in [3.63, 3.8) is 0 Å². The van der Waals surface area contributed by atoms with Gasteiger partial charge < -0.3 is 10.8 Å². The Bertz CT molecular complexity index is 469. The third-order valence-electron chi connectivity index (χ3n) is 3.03. The molecule has 0 unspecified atom stereocenters. The lowest BCUT2D eigenvalue weighted by atomic mass is 9.95. The van der Waals surface area contributed by atoms with Gasteiger partial charge in [0.25, 0.3) is 0 Å². The number of rotatable bonds is 5. The Morgan fingerprint density at radius 2 is 1.24 bits per heavy atom. The van der Waals surface area contributed by atoms with Gasteiger partial charge in [-0.2, -0.15) is 0 Å². The van der Waals surface area contributed by atoms with Crippen LogP contribution in [-0.4, -0.2) is 11.2 Å². The van der Waals surface area contributed by atoms with Crippen molar-refractivity contribution in [2.45, 2.75) is 38.8 Å². The molecule has 2 atom stereocenters. The molecule has 122 valence electrons. The average molecular weight is 334 g/mol. The zero-order valence-electron chi connectivity index (χ0n) is 11.5. The average Bonchev–Trinajstić information content (AvgIpc) is 2.40. The first kappa shape index (κ1) is 20.1. The Morgan fingerprint density at radius 1 is 0.857 bits per heavy atom. The molecule has 2 nitrogen and oxygen atoms in total. The maximum Gasteiger partial charge on any atom is 0.200 e. The highest BCUT2D eigenvalue weighted by Crippen LogP contribution is 2.29. The van der Waals surface area contributed by atoms with Crippen LogP contribution >= 0.6 is 12.4 Å². The topological polar surface area (TPSA) is 46.2 Å². The summed E-state index contributed by atoms with van der Waals surface area (Å²) in [4.78, 5) is 0. The van der Waals surface area contributed by atoms with E-state index in [1.165, 1.54) is 0 Å². The van der Waals surface area contributed by atoms with Crippen molar-refractivity contribution in [1.29, 1.82) is 0 Å². The van der Waals surface area contributed by atoms with E-state index in [-0.39, 0.29) is 24.7 Å². The van der Waals surface area contributed by atoms with E-state index in [0.717, 1.165) is 0 Å². The number of halogens is 6. The summed E-state index contributed by atoms with van der Waals surface area (Å²) >= 11 is 0. The van der Waals surface area contributed by atoms with Crippen LogP contribution in [0.15, 0.2) is 0 Å². The molecule has 0 fully saturated rings. The third-order valence-corrected chi connectivity index (χ3v) is 3.03. The van der Waals surface area contributed by atoms with Gasteiger partial charge in [0.1, 0.15) is 0 Å². The molecular weight excluding hydrogens is 317 g/mol. The lowest BCUT2D eigenvalue weighted by Crippen LogP contribution is -2.29. The van der Waals surface area contributed by atoms with Gasteiger partial charge in [0.05, 0.1) is 12.1 Å². The van der Waals surface area contributed by atoms with Crippen molar-refractivity contribution in [3.8, 4) is 0 Å². The fourth-order valence-electron chi connectivity index (χ4n) is 1.79. The predicted octanol–water partition coefficient (Wildman–Crippen LogP) is 3.60. The highest BCUT2D eigenvalue weighted by atomic mass is 35.5. The second-order valence-corrected chi connectivity index (χ2v) is 5.05. The molecule has 1 aromatic carbocycles. The van der Waals surface area contributed by atoms with Crippen LogP contribution in [0, 0.1) is 35.0 Å². The van der Waals surface area contributed by atoms with Gasteiger partial charge in [-0.05, 0) is 18.8 Å². The zero-order valence-corrected chi connectivity index (χ0v) is 12.3. The van der Waals surface area contributed by atoms with Crippen LogP contribution in [0.2, 0.25) is 0 Å². The highest BCUT2D eigenvalue weighted by molar-refractivity contribution is 5.85. The minimum atomic E-state index is -2.24. The number of nitrogens with two attached hydrogens (primary N) is 1. The van der Waals surface area contributed by atoms with Crippen LogP contribution in [0.3, 0.4) is 0 Å². The first-order chi connectivity index (χ1) is 9.18. The summed E-state index contributed by atoms with van der Waals surface area (Å²) < 4.78 is 66.0. The fourth-order valence-corrected chi connectivity index (χ4v) is 1.79. The van der Waals surface area contributed by atoms with Crippen LogP contribution in [0.5, 0.6) is 0 Å². The van der Waals surface area contributed by atoms with Gasteiger partial charge in [-0.3, -0.25) is 0 Å². The van der Waals surface area contributed by atoms with Crippen molar-refractivity contribution in [3.05, 3.63) is 34.6 Å². The van der Waals surface area contributed by atoms with Crippen molar-refractivity contribution >= 4 is 12.4 Å². The monoisotopic (exact) mass is 333 g/mol. The van der Waals surface area contributed by atoms with Gasteiger partial charge in [0.2, 0.25) is 5.82 Å². The summed E-state index contributed by atoms with van der Waals surface area (Å²) in [5, 5.41) is 9.72. The van der Waals surface area contributed by atoms with E-state index in [1.807, 2.05) is 13.8 Å². The van der Waals surface area contributed by atoms with Gasteiger partial charge in [0.15, 0.2) is 23.3 Å². The summed E-state index contributed by atoms with van der Waals surface area (Å²) in [6.45, 7) is 3.72. The first-order valence-corrected chi connectivity index (χ1v) is 6.13. The largest absolute Gasteiger partial charge is 0.391 e. The van der Waals surface area contributed by atoms with Crippen LogP contribution in [0.25, 0.3) is 0 Å². The van der Waals surface area contributed by atoms with Gasteiger partial charge in [-0.1, -0.05) is 13.8 Å². The van der Waals surface area contributed by atoms with E-state index in [2.05, 4.69) is 0 Å².